The molecule has 12 heteroatoms. The largest absolute Gasteiger partial charge is 0.491 e. The molecule has 186 valence electrons. The molecule has 1 saturated heterocycles. The highest BCUT2D eigenvalue weighted by atomic mass is 19.4. The first-order valence-corrected chi connectivity index (χ1v) is 11.1. The minimum absolute atomic E-state index is 0.0514. The van der Waals surface area contributed by atoms with E-state index in [0.29, 0.717) is 11.3 Å². The van der Waals surface area contributed by atoms with Crippen LogP contribution in [0.3, 0.4) is 0 Å². The number of alkyl halides is 3. The van der Waals surface area contributed by atoms with Crippen molar-refractivity contribution in [2.45, 2.75) is 33.0 Å². The Hall–Kier alpha value is -3.67. The van der Waals surface area contributed by atoms with E-state index in [4.69, 9.17) is 0 Å². The summed E-state index contributed by atoms with van der Waals surface area (Å²) in [4.78, 5) is 34.9. The molecule has 1 aromatic carbocycles. The molecule has 0 spiro atoms. The number of ether oxygens (including phenoxy) is 1. The lowest BCUT2D eigenvalue weighted by Gasteiger charge is -2.29. The number of anilines is 3. The number of carbonyl (C=O) groups is 1. The molecule has 9 nitrogen and oxygen atoms in total. The van der Waals surface area contributed by atoms with E-state index < -0.39 is 18.0 Å². The predicted octanol–water partition coefficient (Wildman–Crippen LogP) is 3.30. The number of halogens is 3. The summed E-state index contributed by atoms with van der Waals surface area (Å²) < 4.78 is 44.8. The van der Waals surface area contributed by atoms with E-state index in [2.05, 4.69) is 30.2 Å². The third-order valence-corrected chi connectivity index (χ3v) is 5.60. The number of hydrogen-bond donors (Lipinski definition) is 2. The number of benzene rings is 1. The van der Waals surface area contributed by atoms with Gasteiger partial charge in [-0.05, 0) is 50.6 Å². The van der Waals surface area contributed by atoms with Crippen LogP contribution in [-0.2, 0) is 4.79 Å². The smallest absolute Gasteiger partial charge is 0.400 e. The molecule has 35 heavy (non-hydrogen) atoms. The molecule has 0 unspecified atom stereocenters. The van der Waals surface area contributed by atoms with Gasteiger partial charge in [-0.15, -0.1) is 0 Å². The number of rotatable bonds is 5. The van der Waals surface area contributed by atoms with E-state index in [0.717, 1.165) is 31.9 Å². The minimum atomic E-state index is -5.22. The van der Waals surface area contributed by atoms with Gasteiger partial charge in [0.15, 0.2) is 5.65 Å². The summed E-state index contributed by atoms with van der Waals surface area (Å²) in [7, 11) is 0. The maximum absolute atomic E-state index is 12.9. The topological polar surface area (TPSA) is 101 Å². The van der Waals surface area contributed by atoms with E-state index in [1.807, 2.05) is 12.1 Å². The van der Waals surface area contributed by atoms with Gasteiger partial charge in [-0.25, -0.2) is 4.79 Å². The van der Waals surface area contributed by atoms with Crippen LogP contribution in [0, 0.1) is 6.92 Å². The number of pyridine rings is 1. The van der Waals surface area contributed by atoms with Crippen molar-refractivity contribution in [3.63, 3.8) is 0 Å². The highest BCUT2D eigenvalue weighted by Crippen LogP contribution is 2.31. The van der Waals surface area contributed by atoms with Crippen molar-refractivity contribution in [2.24, 2.45) is 0 Å². The van der Waals surface area contributed by atoms with Crippen LogP contribution in [0.1, 0.15) is 25.5 Å². The highest BCUT2D eigenvalue weighted by Gasteiger charge is 2.42. The van der Waals surface area contributed by atoms with E-state index in [-0.39, 0.29) is 28.6 Å². The van der Waals surface area contributed by atoms with Gasteiger partial charge in [0.1, 0.15) is 0 Å². The second-order valence-corrected chi connectivity index (χ2v) is 8.48. The number of nitrogens with zero attached hydrogens (tertiary/aromatic N) is 4. The van der Waals surface area contributed by atoms with Gasteiger partial charge < -0.3 is 20.3 Å². The number of hydrogen-bond acceptors (Lipinski definition) is 8. The van der Waals surface area contributed by atoms with Crippen molar-refractivity contribution in [3.8, 4) is 5.88 Å². The molecule has 1 fully saturated rings. The summed E-state index contributed by atoms with van der Waals surface area (Å²) in [6.07, 6.45) is -5.22. The van der Waals surface area contributed by atoms with Crippen LogP contribution >= 0.6 is 0 Å². The van der Waals surface area contributed by atoms with Gasteiger partial charge in [-0.2, -0.15) is 23.1 Å². The summed E-state index contributed by atoms with van der Waals surface area (Å²) in [6, 6.07) is 8.29. The van der Waals surface area contributed by atoms with Gasteiger partial charge in [-0.3, -0.25) is 9.36 Å². The zero-order valence-corrected chi connectivity index (χ0v) is 19.4. The standard InChI is InChI=1S/C23H25F3N6O3/c1-13(2)32-17(33)12-14(3)18-19(32)29-22(30-20(18)35-21(34)23(24,25)26)28-15-4-6-16(7-5-15)31-10-8-27-9-11-31/h4-7,12-13,27H,8-11H2,1-3H3,(H,28,29,30). The van der Waals surface area contributed by atoms with Crippen LogP contribution in [0.25, 0.3) is 11.0 Å². The summed E-state index contributed by atoms with van der Waals surface area (Å²) >= 11 is 0. The molecule has 0 amide bonds. The number of nitrogens with one attached hydrogen (secondary N) is 2. The zero-order chi connectivity index (χ0) is 25.3. The normalized spacial score (nSPS) is 14.4. The monoisotopic (exact) mass is 490 g/mol. The number of piperazine rings is 1. The molecule has 3 aromatic rings. The first kappa shape index (κ1) is 24.5. The van der Waals surface area contributed by atoms with E-state index in [1.165, 1.54) is 17.6 Å². The number of carbonyl (C=O) groups excluding carboxylic acids is 1. The number of esters is 1. The van der Waals surface area contributed by atoms with Gasteiger partial charge >= 0.3 is 12.1 Å². The van der Waals surface area contributed by atoms with Crippen LogP contribution in [0.5, 0.6) is 5.88 Å². The van der Waals surface area contributed by atoms with Crippen molar-refractivity contribution in [2.75, 3.05) is 36.4 Å². The van der Waals surface area contributed by atoms with Gasteiger partial charge in [0.25, 0.3) is 5.56 Å². The number of fused-ring (bicyclic) bond motifs is 1. The molecular formula is C23H25F3N6O3. The fraction of sp³-hybridized carbons (Fsp3) is 0.391. The van der Waals surface area contributed by atoms with Crippen molar-refractivity contribution in [3.05, 3.63) is 46.2 Å². The summed E-state index contributed by atoms with van der Waals surface area (Å²) in [5.41, 5.74) is 1.56. The van der Waals surface area contributed by atoms with Crippen LogP contribution < -0.4 is 25.8 Å². The molecule has 4 rings (SSSR count). The lowest BCUT2D eigenvalue weighted by molar-refractivity contribution is -0.189. The lowest BCUT2D eigenvalue weighted by atomic mass is 10.2. The Labute approximate surface area is 198 Å². The summed E-state index contributed by atoms with van der Waals surface area (Å²) in [6.45, 7) is 8.53. The predicted molar refractivity (Wildman–Crippen MR) is 125 cm³/mol. The summed E-state index contributed by atoms with van der Waals surface area (Å²) in [5.74, 6) is -3.11. The Bertz CT molecular complexity index is 1300. The van der Waals surface area contributed by atoms with Crippen molar-refractivity contribution in [1.82, 2.24) is 19.9 Å². The SMILES string of the molecule is Cc1cc(=O)n(C(C)C)c2nc(Nc3ccc(N4CCNCC4)cc3)nc(OC(=O)C(F)(F)F)c12. The van der Waals surface area contributed by atoms with Crippen LogP contribution in [0.2, 0.25) is 0 Å². The molecule has 0 saturated carbocycles. The van der Waals surface area contributed by atoms with Gasteiger partial charge in [0.05, 0.1) is 5.39 Å². The fourth-order valence-corrected chi connectivity index (χ4v) is 3.96. The molecular weight excluding hydrogens is 465 g/mol. The van der Waals surface area contributed by atoms with E-state index >= 15 is 0 Å². The third kappa shape index (κ3) is 5.21. The molecule has 2 aromatic heterocycles. The Morgan fingerprint density at radius 3 is 2.40 bits per heavy atom. The second kappa shape index (κ2) is 9.53. The third-order valence-electron chi connectivity index (χ3n) is 5.60. The maximum Gasteiger partial charge on any atom is 0.491 e. The molecule has 0 bridgehead atoms. The van der Waals surface area contributed by atoms with Crippen molar-refractivity contribution in [1.29, 1.82) is 0 Å². The lowest BCUT2D eigenvalue weighted by Crippen LogP contribution is -2.43. The molecule has 1 aliphatic rings. The molecule has 0 radical (unpaired) electrons. The Kier molecular flexibility index (Phi) is 6.66. The van der Waals surface area contributed by atoms with Crippen molar-refractivity contribution >= 4 is 34.3 Å². The molecule has 0 atom stereocenters. The average molecular weight is 490 g/mol. The maximum atomic E-state index is 12.9. The Balaban J connectivity index is 1.76. The fourth-order valence-electron chi connectivity index (χ4n) is 3.96. The number of aryl methyl sites for hydroxylation is 1. The first-order chi connectivity index (χ1) is 16.5. The minimum Gasteiger partial charge on any atom is -0.400 e. The molecule has 3 heterocycles. The second-order valence-electron chi connectivity index (χ2n) is 8.48. The Morgan fingerprint density at radius 1 is 1.14 bits per heavy atom. The van der Waals surface area contributed by atoms with Gasteiger partial charge in [-0.1, -0.05) is 0 Å². The van der Waals surface area contributed by atoms with E-state index in [9.17, 15) is 22.8 Å². The van der Waals surface area contributed by atoms with Crippen LogP contribution in [-0.4, -0.2) is 52.9 Å². The number of aromatic nitrogens is 3. The highest BCUT2D eigenvalue weighted by molar-refractivity contribution is 5.89. The Morgan fingerprint density at radius 2 is 1.80 bits per heavy atom. The molecule has 1 aliphatic heterocycles. The summed E-state index contributed by atoms with van der Waals surface area (Å²) in [5, 5.41) is 6.28. The van der Waals surface area contributed by atoms with Crippen LogP contribution in [0.4, 0.5) is 30.5 Å². The van der Waals surface area contributed by atoms with Gasteiger partial charge in [0.2, 0.25) is 11.8 Å². The van der Waals surface area contributed by atoms with Gasteiger partial charge in [0, 0.05) is 49.7 Å². The van der Waals surface area contributed by atoms with Crippen LogP contribution in [0.15, 0.2) is 35.1 Å². The first-order valence-electron chi connectivity index (χ1n) is 11.1. The molecule has 2 N–H and O–H groups in total. The molecule has 0 aliphatic carbocycles. The quantitative estimate of drug-likeness (QED) is 0.526. The van der Waals surface area contributed by atoms with E-state index in [1.54, 1.807) is 26.0 Å². The zero-order valence-electron chi connectivity index (χ0n) is 19.4. The average Bonchev–Trinajstić information content (AvgIpc) is 2.79. The van der Waals surface area contributed by atoms with Crippen molar-refractivity contribution < 1.29 is 22.7 Å².